The summed E-state index contributed by atoms with van der Waals surface area (Å²) in [5.74, 6) is -0.638. The zero-order valence-electron chi connectivity index (χ0n) is 8.86. The van der Waals surface area contributed by atoms with E-state index in [0.717, 1.165) is 6.42 Å². The molecular formula is C9H17NO4. The SMILES string of the molecule is CC[C@H](C[N+](=O)[O-])[C@@H]1COC(C)(C)O1. The Morgan fingerprint density at radius 1 is 1.64 bits per heavy atom. The Labute approximate surface area is 83.5 Å². The fourth-order valence-corrected chi connectivity index (χ4v) is 1.65. The third kappa shape index (κ3) is 2.92. The number of hydrogen-bond donors (Lipinski definition) is 0. The summed E-state index contributed by atoms with van der Waals surface area (Å²) in [5, 5.41) is 10.4. The van der Waals surface area contributed by atoms with E-state index in [4.69, 9.17) is 9.47 Å². The van der Waals surface area contributed by atoms with Gasteiger partial charge in [0.2, 0.25) is 6.54 Å². The lowest BCUT2D eigenvalue weighted by Crippen LogP contribution is -2.30. The Hall–Kier alpha value is -0.680. The highest BCUT2D eigenvalue weighted by Gasteiger charge is 2.38. The maximum absolute atomic E-state index is 10.4. The molecule has 0 spiro atoms. The van der Waals surface area contributed by atoms with Crippen LogP contribution in [0.1, 0.15) is 27.2 Å². The zero-order valence-corrected chi connectivity index (χ0v) is 8.86. The molecule has 0 aromatic rings. The molecule has 0 amide bonds. The van der Waals surface area contributed by atoms with E-state index in [1.807, 2.05) is 20.8 Å². The second kappa shape index (κ2) is 4.23. The molecule has 0 saturated carbocycles. The van der Waals surface area contributed by atoms with Crippen molar-refractivity contribution in [3.8, 4) is 0 Å². The van der Waals surface area contributed by atoms with Crippen LogP contribution in [0.5, 0.6) is 0 Å². The van der Waals surface area contributed by atoms with E-state index in [9.17, 15) is 10.1 Å². The molecular weight excluding hydrogens is 186 g/mol. The van der Waals surface area contributed by atoms with Crippen molar-refractivity contribution in [2.45, 2.75) is 39.1 Å². The van der Waals surface area contributed by atoms with Gasteiger partial charge in [-0.2, -0.15) is 0 Å². The first kappa shape index (κ1) is 11.4. The molecule has 82 valence electrons. The average molecular weight is 203 g/mol. The fourth-order valence-electron chi connectivity index (χ4n) is 1.65. The molecule has 1 aliphatic heterocycles. The maximum atomic E-state index is 10.4. The van der Waals surface area contributed by atoms with Crippen LogP contribution in [0.25, 0.3) is 0 Å². The van der Waals surface area contributed by atoms with Crippen LogP contribution in [0.15, 0.2) is 0 Å². The van der Waals surface area contributed by atoms with Gasteiger partial charge in [-0.1, -0.05) is 6.92 Å². The molecule has 5 heteroatoms. The van der Waals surface area contributed by atoms with E-state index in [2.05, 4.69) is 0 Å². The highest BCUT2D eigenvalue weighted by atomic mass is 16.7. The van der Waals surface area contributed by atoms with Crippen LogP contribution in [-0.2, 0) is 9.47 Å². The quantitative estimate of drug-likeness (QED) is 0.512. The first-order chi connectivity index (χ1) is 6.44. The molecule has 14 heavy (non-hydrogen) atoms. The molecule has 1 fully saturated rings. The molecule has 1 saturated heterocycles. The van der Waals surface area contributed by atoms with Gasteiger partial charge in [0, 0.05) is 4.92 Å². The van der Waals surface area contributed by atoms with Gasteiger partial charge in [0.25, 0.3) is 0 Å². The van der Waals surface area contributed by atoms with Gasteiger partial charge in [-0.3, -0.25) is 10.1 Å². The maximum Gasteiger partial charge on any atom is 0.209 e. The third-order valence-electron chi connectivity index (χ3n) is 2.46. The van der Waals surface area contributed by atoms with Gasteiger partial charge < -0.3 is 9.47 Å². The highest BCUT2D eigenvalue weighted by Crippen LogP contribution is 2.28. The second-order valence-corrected chi connectivity index (χ2v) is 4.05. The summed E-state index contributed by atoms with van der Waals surface area (Å²) < 4.78 is 10.9. The lowest BCUT2D eigenvalue weighted by molar-refractivity contribution is -0.490. The van der Waals surface area contributed by atoms with Gasteiger partial charge in [-0.15, -0.1) is 0 Å². The van der Waals surface area contributed by atoms with E-state index in [-0.39, 0.29) is 23.5 Å². The lowest BCUT2D eigenvalue weighted by atomic mass is 10.0. The Bertz CT molecular complexity index is 217. The topological polar surface area (TPSA) is 61.6 Å². The average Bonchev–Trinajstić information content (AvgIpc) is 2.41. The van der Waals surface area contributed by atoms with Crippen molar-refractivity contribution in [2.75, 3.05) is 13.2 Å². The van der Waals surface area contributed by atoms with Crippen LogP contribution in [0.4, 0.5) is 0 Å². The Morgan fingerprint density at radius 3 is 2.64 bits per heavy atom. The summed E-state index contributed by atoms with van der Waals surface area (Å²) in [6, 6.07) is 0. The van der Waals surface area contributed by atoms with Crippen molar-refractivity contribution >= 4 is 0 Å². The Balaban J connectivity index is 2.50. The molecule has 0 aromatic carbocycles. The van der Waals surface area contributed by atoms with E-state index in [0.29, 0.717) is 6.61 Å². The number of nitro groups is 1. The molecule has 0 N–H and O–H groups in total. The highest BCUT2D eigenvalue weighted by molar-refractivity contribution is 4.76. The minimum Gasteiger partial charge on any atom is -0.348 e. The Morgan fingerprint density at radius 2 is 2.29 bits per heavy atom. The number of ether oxygens (including phenoxy) is 2. The summed E-state index contributed by atoms with van der Waals surface area (Å²) >= 11 is 0. The van der Waals surface area contributed by atoms with Crippen LogP contribution in [0.2, 0.25) is 0 Å². The smallest absolute Gasteiger partial charge is 0.209 e. The molecule has 0 unspecified atom stereocenters. The van der Waals surface area contributed by atoms with Crippen LogP contribution < -0.4 is 0 Å². The third-order valence-corrected chi connectivity index (χ3v) is 2.46. The van der Waals surface area contributed by atoms with Crippen molar-refractivity contribution in [3.63, 3.8) is 0 Å². The van der Waals surface area contributed by atoms with Crippen LogP contribution in [0, 0.1) is 16.0 Å². The number of rotatable bonds is 4. The molecule has 0 aromatic heterocycles. The van der Waals surface area contributed by atoms with Crippen molar-refractivity contribution in [2.24, 2.45) is 5.92 Å². The van der Waals surface area contributed by atoms with E-state index >= 15 is 0 Å². The van der Waals surface area contributed by atoms with E-state index in [1.165, 1.54) is 0 Å². The van der Waals surface area contributed by atoms with Gasteiger partial charge in [0.05, 0.1) is 18.6 Å². The van der Waals surface area contributed by atoms with Crippen molar-refractivity contribution in [1.29, 1.82) is 0 Å². The molecule has 5 nitrogen and oxygen atoms in total. The van der Waals surface area contributed by atoms with Gasteiger partial charge in [-0.25, -0.2) is 0 Å². The first-order valence-electron chi connectivity index (χ1n) is 4.88. The molecule has 0 bridgehead atoms. The Kier molecular flexibility index (Phi) is 3.44. The number of nitrogens with zero attached hydrogens (tertiary/aromatic N) is 1. The van der Waals surface area contributed by atoms with Crippen molar-refractivity contribution < 1.29 is 14.4 Å². The minimum absolute atomic E-state index is 0.0411. The number of hydrogen-bond acceptors (Lipinski definition) is 4. The summed E-state index contributed by atoms with van der Waals surface area (Å²) in [6.07, 6.45) is 0.603. The summed E-state index contributed by atoms with van der Waals surface area (Å²) in [5.41, 5.74) is 0. The predicted molar refractivity (Wildman–Crippen MR) is 50.5 cm³/mol. The van der Waals surface area contributed by atoms with Crippen LogP contribution in [0.3, 0.4) is 0 Å². The lowest BCUT2D eigenvalue weighted by Gasteiger charge is -2.20. The fraction of sp³-hybridized carbons (Fsp3) is 1.00. The normalized spacial score (nSPS) is 27.5. The van der Waals surface area contributed by atoms with Gasteiger partial charge >= 0.3 is 0 Å². The van der Waals surface area contributed by atoms with E-state index in [1.54, 1.807) is 0 Å². The first-order valence-corrected chi connectivity index (χ1v) is 4.88. The monoisotopic (exact) mass is 203 g/mol. The molecule has 1 aliphatic rings. The zero-order chi connectivity index (χ0) is 10.8. The van der Waals surface area contributed by atoms with Gasteiger partial charge in [0.1, 0.15) is 0 Å². The molecule has 2 atom stereocenters. The van der Waals surface area contributed by atoms with Gasteiger partial charge in [0.15, 0.2) is 5.79 Å². The predicted octanol–water partition coefficient (Wildman–Crippen LogP) is 1.44. The van der Waals surface area contributed by atoms with Crippen molar-refractivity contribution in [3.05, 3.63) is 10.1 Å². The molecule has 1 rings (SSSR count). The van der Waals surface area contributed by atoms with Gasteiger partial charge in [-0.05, 0) is 20.3 Å². The molecule has 0 aliphatic carbocycles. The minimum atomic E-state index is -0.589. The summed E-state index contributed by atoms with van der Waals surface area (Å²) in [6.45, 7) is 6.00. The largest absolute Gasteiger partial charge is 0.348 e. The van der Waals surface area contributed by atoms with Crippen LogP contribution in [-0.4, -0.2) is 30.0 Å². The van der Waals surface area contributed by atoms with Crippen LogP contribution >= 0.6 is 0 Å². The second-order valence-electron chi connectivity index (χ2n) is 4.05. The summed E-state index contributed by atoms with van der Waals surface area (Å²) in [4.78, 5) is 10.1. The van der Waals surface area contributed by atoms with E-state index < -0.39 is 5.79 Å². The van der Waals surface area contributed by atoms with Crippen molar-refractivity contribution in [1.82, 2.24) is 0 Å². The molecule has 0 radical (unpaired) electrons. The standard InChI is InChI=1S/C9H17NO4/c1-4-7(5-10(11)12)8-6-13-9(2,3)14-8/h7-8H,4-6H2,1-3H3/t7-,8+/m1/s1. The molecule has 1 heterocycles. The summed E-state index contributed by atoms with van der Waals surface area (Å²) in [7, 11) is 0.